The zero-order chi connectivity index (χ0) is 14.1. The van der Waals surface area contributed by atoms with Crippen molar-refractivity contribution in [3.63, 3.8) is 0 Å². The quantitative estimate of drug-likeness (QED) is 0.599. The van der Waals surface area contributed by atoms with Crippen LogP contribution in [0.2, 0.25) is 5.09 Å². The molecule has 1 aromatic heterocycles. The number of imidazole rings is 1. The van der Waals surface area contributed by atoms with Gasteiger partial charge < -0.3 is 4.57 Å². The Morgan fingerprint density at radius 3 is 2.47 bits per heavy atom. The second-order valence-electron chi connectivity index (χ2n) is 4.42. The summed E-state index contributed by atoms with van der Waals surface area (Å²) in [6, 6.07) is 9.93. The fourth-order valence-electron chi connectivity index (χ4n) is 1.76. The van der Waals surface area contributed by atoms with E-state index in [0.29, 0.717) is 0 Å². The van der Waals surface area contributed by atoms with Crippen LogP contribution in [0.15, 0.2) is 36.7 Å². The second kappa shape index (κ2) is 8.65. The summed E-state index contributed by atoms with van der Waals surface area (Å²) in [7, 11) is 1.90. The first kappa shape index (κ1) is 15.6. The maximum absolute atomic E-state index is 5.42. The van der Waals surface area contributed by atoms with E-state index in [1.807, 2.05) is 41.9 Å². The molecule has 1 aromatic carbocycles. The SMILES string of the molecule is C#Cc1c(-c2ccccc2)ncn1C.[Li][CH2]CCC. The first-order valence-electron chi connectivity index (χ1n) is 6.77. The molecule has 0 radical (unpaired) electrons. The molecule has 0 atom stereocenters. The van der Waals surface area contributed by atoms with Crippen LogP contribution < -0.4 is 0 Å². The van der Waals surface area contributed by atoms with Gasteiger partial charge >= 0.3 is 42.6 Å². The van der Waals surface area contributed by atoms with Crippen molar-refractivity contribution in [2.75, 3.05) is 0 Å². The summed E-state index contributed by atoms with van der Waals surface area (Å²) in [6.45, 7) is 2.21. The molecule has 0 fully saturated rings. The Bertz CT molecular complexity index is 521. The third-order valence-electron chi connectivity index (χ3n) is 2.83. The van der Waals surface area contributed by atoms with Crippen LogP contribution in [0, 0.1) is 12.3 Å². The molecule has 19 heavy (non-hydrogen) atoms. The summed E-state index contributed by atoms with van der Waals surface area (Å²) < 4.78 is 1.85. The van der Waals surface area contributed by atoms with Gasteiger partial charge in [-0.05, 0) is 5.92 Å². The Labute approximate surface area is 125 Å². The Morgan fingerprint density at radius 2 is 2.00 bits per heavy atom. The Kier molecular flexibility index (Phi) is 7.12. The molecule has 0 saturated carbocycles. The molecule has 94 valence electrons. The van der Waals surface area contributed by atoms with Crippen molar-refractivity contribution in [1.29, 1.82) is 0 Å². The molecule has 0 spiro atoms. The molecule has 0 saturated heterocycles. The molecular formula is C16H19LiN2. The van der Waals surface area contributed by atoms with Crippen LogP contribution >= 0.6 is 0 Å². The monoisotopic (exact) mass is 246 g/mol. The molecular weight excluding hydrogens is 227 g/mol. The number of aromatic nitrogens is 2. The van der Waals surface area contributed by atoms with Gasteiger partial charge in [0.15, 0.2) is 0 Å². The molecule has 2 rings (SSSR count). The minimum absolute atomic E-state index is 0.816. The minimum atomic E-state index is 0.816. The van der Waals surface area contributed by atoms with Crippen molar-refractivity contribution in [3.8, 4) is 23.6 Å². The van der Waals surface area contributed by atoms with Gasteiger partial charge in [0.1, 0.15) is 11.4 Å². The molecule has 0 aliphatic heterocycles. The first-order chi connectivity index (χ1) is 9.24. The molecule has 1 heterocycles. The standard InChI is InChI=1S/C12H10N2.C4H9.Li/c1-3-11-12(13-9-14(11)2)10-7-5-4-6-8-10;1-3-4-2;/h1,4-9H,2H3;1,3-4H2,2H3;. The van der Waals surface area contributed by atoms with Crippen LogP contribution in [0.3, 0.4) is 0 Å². The van der Waals surface area contributed by atoms with Gasteiger partial charge in [0, 0.05) is 12.6 Å². The van der Waals surface area contributed by atoms with E-state index in [-0.39, 0.29) is 0 Å². The molecule has 0 aliphatic rings. The Morgan fingerprint density at radius 1 is 1.32 bits per heavy atom. The summed E-state index contributed by atoms with van der Waals surface area (Å²) in [5.74, 6) is 2.64. The fraction of sp³-hybridized carbons (Fsp3) is 0.312. The van der Waals surface area contributed by atoms with Crippen LogP contribution in [-0.2, 0) is 7.05 Å². The number of hydrogen-bond acceptors (Lipinski definition) is 1. The van der Waals surface area contributed by atoms with Crippen LogP contribution in [0.1, 0.15) is 25.5 Å². The fourth-order valence-corrected chi connectivity index (χ4v) is 1.76. The van der Waals surface area contributed by atoms with Crippen molar-refractivity contribution in [1.82, 2.24) is 9.55 Å². The summed E-state index contributed by atoms with van der Waals surface area (Å²) in [5.41, 5.74) is 2.74. The number of rotatable bonds is 3. The molecule has 0 N–H and O–H groups in total. The number of nitrogens with zero attached hydrogens (tertiary/aromatic N) is 2. The summed E-state index contributed by atoms with van der Waals surface area (Å²) >= 11 is 2.21. The predicted octanol–water partition coefficient (Wildman–Crippen LogP) is 3.44. The topological polar surface area (TPSA) is 17.8 Å². The molecule has 0 amide bonds. The van der Waals surface area contributed by atoms with E-state index < -0.39 is 0 Å². The molecule has 0 bridgehead atoms. The molecule has 2 aromatic rings. The number of aryl methyl sites for hydroxylation is 1. The van der Waals surface area contributed by atoms with Crippen molar-refractivity contribution >= 4 is 17.7 Å². The Hall–Kier alpha value is -1.41. The van der Waals surface area contributed by atoms with E-state index in [0.717, 1.165) is 17.0 Å². The van der Waals surface area contributed by atoms with Crippen LogP contribution in [0.5, 0.6) is 0 Å². The number of hydrogen-bond donors (Lipinski definition) is 0. The summed E-state index contributed by atoms with van der Waals surface area (Å²) in [6.07, 6.45) is 9.89. The van der Waals surface area contributed by atoms with E-state index in [1.54, 1.807) is 6.33 Å². The molecule has 0 aliphatic carbocycles. The molecule has 2 nitrogen and oxygen atoms in total. The van der Waals surface area contributed by atoms with Crippen molar-refractivity contribution in [2.45, 2.75) is 24.9 Å². The second-order valence-corrected chi connectivity index (χ2v) is 4.42. The molecule has 3 heteroatoms. The summed E-state index contributed by atoms with van der Waals surface area (Å²) in [4.78, 5) is 4.28. The average Bonchev–Trinajstić information content (AvgIpc) is 2.82. The van der Waals surface area contributed by atoms with Gasteiger partial charge in [0.2, 0.25) is 0 Å². The van der Waals surface area contributed by atoms with Crippen LogP contribution in [0.4, 0.5) is 0 Å². The van der Waals surface area contributed by atoms with E-state index in [1.165, 1.54) is 17.9 Å². The number of benzene rings is 1. The Balaban J connectivity index is 0.000000312. The van der Waals surface area contributed by atoms with Gasteiger partial charge in [-0.15, -0.1) is 6.42 Å². The van der Waals surface area contributed by atoms with Crippen molar-refractivity contribution in [3.05, 3.63) is 42.4 Å². The van der Waals surface area contributed by atoms with E-state index >= 15 is 0 Å². The third kappa shape index (κ3) is 4.64. The normalized spacial score (nSPS) is 9.42. The predicted molar refractivity (Wildman–Crippen MR) is 82.0 cm³/mol. The van der Waals surface area contributed by atoms with Crippen LogP contribution in [-0.4, -0.2) is 27.3 Å². The van der Waals surface area contributed by atoms with E-state index in [4.69, 9.17) is 6.42 Å². The first-order valence-corrected chi connectivity index (χ1v) is 6.77. The molecule has 0 unspecified atom stereocenters. The third-order valence-corrected chi connectivity index (χ3v) is 2.83. The summed E-state index contributed by atoms with van der Waals surface area (Å²) in [5, 5.41) is 1.34. The van der Waals surface area contributed by atoms with Gasteiger partial charge in [0.25, 0.3) is 0 Å². The van der Waals surface area contributed by atoms with Gasteiger partial charge in [-0.1, -0.05) is 30.3 Å². The van der Waals surface area contributed by atoms with E-state index in [9.17, 15) is 0 Å². The van der Waals surface area contributed by atoms with Crippen molar-refractivity contribution < 1.29 is 0 Å². The maximum atomic E-state index is 5.42. The zero-order valence-corrected chi connectivity index (χ0v) is 12.1. The number of unbranched alkanes of at least 4 members (excludes halogenated alkanes) is 1. The van der Waals surface area contributed by atoms with Gasteiger partial charge in [0.05, 0.1) is 6.33 Å². The van der Waals surface area contributed by atoms with E-state index in [2.05, 4.69) is 35.5 Å². The number of terminal acetylenes is 1. The van der Waals surface area contributed by atoms with Gasteiger partial charge in [-0.3, -0.25) is 0 Å². The van der Waals surface area contributed by atoms with Crippen molar-refractivity contribution in [2.24, 2.45) is 7.05 Å². The zero-order valence-electron chi connectivity index (χ0n) is 12.1. The van der Waals surface area contributed by atoms with Gasteiger partial charge in [-0.2, -0.15) is 0 Å². The van der Waals surface area contributed by atoms with Gasteiger partial charge in [-0.25, -0.2) is 4.98 Å². The average molecular weight is 246 g/mol. The van der Waals surface area contributed by atoms with Crippen LogP contribution in [0.25, 0.3) is 11.3 Å².